The molecule has 5 aromatic carbocycles. The molecule has 1 aliphatic rings. The highest BCUT2D eigenvalue weighted by molar-refractivity contribution is 5.81. The zero-order valence-corrected chi connectivity index (χ0v) is 40.2. The number of benzene rings is 5. The van der Waals surface area contributed by atoms with Crippen LogP contribution in [-0.4, -0.2) is 16.0 Å². The summed E-state index contributed by atoms with van der Waals surface area (Å²) >= 11 is 0. The molecule has 0 radical (unpaired) electrons. The molecule has 0 saturated heterocycles. The Bertz CT molecular complexity index is 1890. The molecule has 0 aliphatic heterocycles. The molecule has 3 N–H and O–H groups in total. The number of amides is 1. The van der Waals surface area contributed by atoms with Gasteiger partial charge in [0.15, 0.2) is 0 Å². The summed E-state index contributed by atoms with van der Waals surface area (Å²) in [5.41, 5.74) is 12.5. The lowest BCUT2D eigenvalue weighted by molar-refractivity contribution is -0.119. The SMILES string of the molecule is CCCC(C(N)=O)c1ccccc1.CCCCC(O)(c1ccccc1)C1CCCCC1.CCCCC(c1ccccc1)c1ccccc1.CCCCC(c1ccccc1)c1cccnc1. The Kier molecular flexibility index (Phi) is 24.7. The zero-order chi connectivity index (χ0) is 46.4. The molecule has 65 heavy (non-hydrogen) atoms. The van der Waals surface area contributed by atoms with E-state index in [-0.39, 0.29) is 11.8 Å². The fourth-order valence-electron chi connectivity index (χ4n) is 9.29. The van der Waals surface area contributed by atoms with Crippen molar-refractivity contribution in [1.29, 1.82) is 0 Å². The number of nitrogens with two attached hydrogens (primary N) is 1. The third-order valence-corrected chi connectivity index (χ3v) is 13.0. The van der Waals surface area contributed by atoms with E-state index in [1.54, 1.807) is 0 Å². The Morgan fingerprint density at radius 3 is 1.35 bits per heavy atom. The smallest absolute Gasteiger partial charge is 0.224 e. The summed E-state index contributed by atoms with van der Waals surface area (Å²) in [6.45, 7) is 8.75. The van der Waals surface area contributed by atoms with Gasteiger partial charge in [-0.15, -0.1) is 0 Å². The fraction of sp³-hybridized carbons (Fsp3) is 0.410. The number of carbonyl (C=O) groups is 1. The number of hydrogen-bond acceptors (Lipinski definition) is 3. The topological polar surface area (TPSA) is 76.2 Å². The van der Waals surface area contributed by atoms with Gasteiger partial charge in [-0.2, -0.15) is 0 Å². The number of pyridine rings is 1. The standard InChI is InChI=1S/C17H26O.C17H20.C16H19N.C11H15NO/c1-2-3-14-17(18,15-10-6-4-7-11-15)16-12-8-5-9-13-16;1-2-3-14-17(15-10-6-4-7-11-15)16-12-8-5-9-13-16;1-2-3-11-16(14-8-5-4-6-9-14)15-10-7-12-17-13-15;1-2-6-10(11(12)13)9-7-4-3-5-8-9/h4,6-7,10-11,16,18H,2-3,5,8-9,12-14H2,1H3;4-13,17H,2-3,14H2,1H3;4-10,12-13,16H,2-3,11H2,1H3;3-5,7-8,10H,2,6H2,1H3,(H2,12,13). The van der Waals surface area contributed by atoms with Gasteiger partial charge in [0.1, 0.15) is 0 Å². The van der Waals surface area contributed by atoms with E-state index in [1.165, 1.54) is 92.9 Å². The van der Waals surface area contributed by atoms with Crippen LogP contribution in [0.25, 0.3) is 0 Å². The van der Waals surface area contributed by atoms with Crippen molar-refractivity contribution in [2.45, 2.75) is 154 Å². The molecular formula is C61H80N2O2. The highest BCUT2D eigenvalue weighted by Crippen LogP contribution is 2.42. The molecule has 4 heteroatoms. The Morgan fingerprint density at radius 2 is 0.954 bits per heavy atom. The first kappa shape index (κ1) is 52.3. The van der Waals surface area contributed by atoms with Crippen LogP contribution in [0.3, 0.4) is 0 Å². The summed E-state index contributed by atoms with van der Waals surface area (Å²) in [6, 6.07) is 56.7. The lowest BCUT2D eigenvalue weighted by atomic mass is 9.71. The van der Waals surface area contributed by atoms with Gasteiger partial charge in [0.25, 0.3) is 0 Å². The highest BCUT2D eigenvalue weighted by Gasteiger charge is 2.38. The second-order valence-corrected chi connectivity index (χ2v) is 17.8. The van der Waals surface area contributed by atoms with Gasteiger partial charge in [0, 0.05) is 24.2 Å². The summed E-state index contributed by atoms with van der Waals surface area (Å²) < 4.78 is 0. The predicted molar refractivity (Wildman–Crippen MR) is 276 cm³/mol. The van der Waals surface area contributed by atoms with E-state index < -0.39 is 5.60 Å². The molecule has 1 aliphatic carbocycles. The van der Waals surface area contributed by atoms with E-state index in [1.807, 2.05) is 54.9 Å². The third kappa shape index (κ3) is 17.9. The van der Waals surface area contributed by atoms with Crippen molar-refractivity contribution >= 4 is 5.91 Å². The van der Waals surface area contributed by atoms with Gasteiger partial charge in [-0.25, -0.2) is 0 Å². The van der Waals surface area contributed by atoms with Gasteiger partial charge in [0.05, 0.1) is 11.5 Å². The minimum absolute atomic E-state index is 0.119. The molecule has 0 spiro atoms. The van der Waals surface area contributed by atoms with Crippen LogP contribution in [0, 0.1) is 5.92 Å². The van der Waals surface area contributed by atoms with Crippen LogP contribution in [0.5, 0.6) is 0 Å². The van der Waals surface area contributed by atoms with E-state index >= 15 is 0 Å². The van der Waals surface area contributed by atoms with E-state index in [0.717, 1.165) is 43.2 Å². The van der Waals surface area contributed by atoms with E-state index in [4.69, 9.17) is 5.73 Å². The quantitative estimate of drug-likeness (QED) is 0.0851. The normalized spacial score (nSPS) is 14.2. The number of hydrogen-bond donors (Lipinski definition) is 2. The van der Waals surface area contributed by atoms with Gasteiger partial charge in [-0.3, -0.25) is 9.78 Å². The molecule has 3 unspecified atom stereocenters. The second kappa shape index (κ2) is 30.7. The summed E-state index contributed by atoms with van der Waals surface area (Å²) in [6.07, 6.45) is 22.6. The first-order valence-corrected chi connectivity index (χ1v) is 25.0. The van der Waals surface area contributed by atoms with E-state index in [0.29, 0.717) is 17.8 Å². The summed E-state index contributed by atoms with van der Waals surface area (Å²) in [7, 11) is 0. The number of rotatable bonds is 19. The van der Waals surface area contributed by atoms with Crippen molar-refractivity contribution < 1.29 is 9.90 Å². The monoisotopic (exact) mass is 873 g/mol. The molecule has 6 aromatic rings. The van der Waals surface area contributed by atoms with Gasteiger partial charge in [-0.1, -0.05) is 250 Å². The maximum Gasteiger partial charge on any atom is 0.224 e. The summed E-state index contributed by atoms with van der Waals surface area (Å²) in [4.78, 5) is 15.4. The maximum absolute atomic E-state index is 11.2. The molecule has 1 heterocycles. The second-order valence-electron chi connectivity index (χ2n) is 17.8. The van der Waals surface area contributed by atoms with Crippen LogP contribution in [0.4, 0.5) is 0 Å². The van der Waals surface area contributed by atoms with Crippen molar-refractivity contribution in [2.75, 3.05) is 0 Å². The molecule has 1 amide bonds. The van der Waals surface area contributed by atoms with Gasteiger partial charge in [-0.05, 0) is 83.9 Å². The number of primary amides is 1. The average Bonchev–Trinajstić information content (AvgIpc) is 3.38. The maximum atomic E-state index is 11.2. The first-order chi connectivity index (χ1) is 31.9. The van der Waals surface area contributed by atoms with Crippen molar-refractivity contribution in [3.63, 3.8) is 0 Å². The predicted octanol–water partition coefficient (Wildman–Crippen LogP) is 16.1. The fourth-order valence-corrected chi connectivity index (χ4v) is 9.29. The van der Waals surface area contributed by atoms with Gasteiger partial charge in [0.2, 0.25) is 5.91 Å². The van der Waals surface area contributed by atoms with Crippen molar-refractivity contribution in [1.82, 2.24) is 4.98 Å². The van der Waals surface area contributed by atoms with Crippen LogP contribution >= 0.6 is 0 Å². The van der Waals surface area contributed by atoms with Crippen LogP contribution in [0.1, 0.15) is 182 Å². The Hall–Kier alpha value is -5.32. The Labute approximate surface area is 394 Å². The zero-order valence-electron chi connectivity index (χ0n) is 40.2. The van der Waals surface area contributed by atoms with Gasteiger partial charge < -0.3 is 10.8 Å². The van der Waals surface area contributed by atoms with Crippen molar-refractivity contribution in [3.8, 4) is 0 Å². The van der Waals surface area contributed by atoms with Crippen LogP contribution in [-0.2, 0) is 10.4 Å². The number of unbranched alkanes of at least 4 members (excludes halogenated alkanes) is 3. The lowest BCUT2D eigenvalue weighted by Crippen LogP contribution is -2.36. The van der Waals surface area contributed by atoms with Crippen molar-refractivity contribution in [3.05, 3.63) is 210 Å². The minimum Gasteiger partial charge on any atom is -0.385 e. The number of carbonyl (C=O) groups excluding carboxylic acids is 1. The number of aliphatic hydroxyl groups is 1. The summed E-state index contributed by atoms with van der Waals surface area (Å²) in [5.74, 6) is 1.15. The van der Waals surface area contributed by atoms with E-state index in [9.17, 15) is 9.90 Å². The molecule has 0 bridgehead atoms. The minimum atomic E-state index is -0.586. The van der Waals surface area contributed by atoms with Gasteiger partial charge >= 0.3 is 0 Å². The number of nitrogens with zero attached hydrogens (tertiary/aromatic N) is 1. The third-order valence-electron chi connectivity index (χ3n) is 13.0. The van der Waals surface area contributed by atoms with Crippen LogP contribution in [0.15, 0.2) is 176 Å². The molecule has 4 nitrogen and oxygen atoms in total. The first-order valence-electron chi connectivity index (χ1n) is 25.0. The molecule has 346 valence electrons. The molecule has 3 atom stereocenters. The lowest BCUT2D eigenvalue weighted by Gasteiger charge is -2.39. The van der Waals surface area contributed by atoms with Crippen molar-refractivity contribution in [2.24, 2.45) is 11.7 Å². The Balaban J connectivity index is 0.000000191. The number of aromatic nitrogens is 1. The Morgan fingerprint density at radius 1 is 0.538 bits per heavy atom. The highest BCUT2D eigenvalue weighted by atomic mass is 16.3. The molecule has 1 aromatic heterocycles. The molecule has 7 rings (SSSR count). The van der Waals surface area contributed by atoms with Crippen LogP contribution < -0.4 is 5.73 Å². The molecular weight excluding hydrogens is 793 g/mol. The average molecular weight is 873 g/mol. The largest absolute Gasteiger partial charge is 0.385 e. The summed E-state index contributed by atoms with van der Waals surface area (Å²) in [5, 5.41) is 11.2. The molecule has 1 fully saturated rings. The van der Waals surface area contributed by atoms with E-state index in [2.05, 4.69) is 154 Å². The van der Waals surface area contributed by atoms with Crippen LogP contribution in [0.2, 0.25) is 0 Å². The molecule has 1 saturated carbocycles.